The Balaban J connectivity index is 2.44. The van der Waals surface area contributed by atoms with Gasteiger partial charge in [0.15, 0.2) is 0 Å². The maximum Gasteiger partial charge on any atom is 0.329 e. The Kier molecular flexibility index (Phi) is 7.69. The lowest BCUT2D eigenvalue weighted by atomic mass is 10.2. The molecule has 0 fully saturated rings. The number of alkyl halides is 1. The third-order valence-corrected chi connectivity index (χ3v) is 4.99. The maximum atomic E-state index is 11.5. The van der Waals surface area contributed by atoms with E-state index < -0.39 is 12.0 Å². The molecule has 0 saturated carbocycles. The number of carbonyl (C=O) groups excluding carboxylic acids is 2. The molecule has 4 nitrogen and oxygen atoms in total. The smallest absolute Gasteiger partial charge is 0.329 e. The molecule has 1 aromatic carbocycles. The van der Waals surface area contributed by atoms with Gasteiger partial charge in [-0.05, 0) is 5.56 Å². The largest absolute Gasteiger partial charge is 0.467 e. The summed E-state index contributed by atoms with van der Waals surface area (Å²) in [5.74, 6) is 0.635. The number of rotatable bonds is 7. The summed E-state index contributed by atoms with van der Waals surface area (Å²) in [7, 11) is 1.32. The second-order valence-electron chi connectivity index (χ2n) is 4.19. The van der Waals surface area contributed by atoms with E-state index in [0.717, 1.165) is 5.75 Å². The molecule has 0 spiro atoms. The summed E-state index contributed by atoms with van der Waals surface area (Å²) in [6, 6.07) is 9.45. The molecule has 2 atom stereocenters. The monoisotopic (exact) mass is 359 g/mol. The van der Waals surface area contributed by atoms with Gasteiger partial charge in [-0.15, -0.1) is 0 Å². The van der Waals surface area contributed by atoms with Crippen LogP contribution in [0.25, 0.3) is 0 Å². The number of hydrogen-bond donors (Lipinski definition) is 1. The van der Waals surface area contributed by atoms with Crippen LogP contribution in [0.3, 0.4) is 0 Å². The summed E-state index contributed by atoms with van der Waals surface area (Å²) in [5, 5.41) is 2.59. The van der Waals surface area contributed by atoms with E-state index in [1.807, 2.05) is 30.3 Å². The highest BCUT2D eigenvalue weighted by Gasteiger charge is 2.20. The van der Waals surface area contributed by atoms with Crippen molar-refractivity contribution in [3.05, 3.63) is 35.9 Å². The molecule has 0 aliphatic heterocycles. The van der Waals surface area contributed by atoms with Gasteiger partial charge in [-0.1, -0.05) is 46.3 Å². The van der Waals surface area contributed by atoms with Gasteiger partial charge in [0, 0.05) is 23.3 Å². The second kappa shape index (κ2) is 9.02. The van der Waals surface area contributed by atoms with E-state index in [-0.39, 0.29) is 10.7 Å². The number of hydrogen-bond acceptors (Lipinski definition) is 4. The van der Waals surface area contributed by atoms with Gasteiger partial charge >= 0.3 is 5.97 Å². The van der Waals surface area contributed by atoms with Gasteiger partial charge in [0.2, 0.25) is 5.91 Å². The number of ether oxygens (including phenoxy) is 1. The van der Waals surface area contributed by atoms with Crippen LogP contribution >= 0.6 is 27.7 Å². The average Bonchev–Trinajstić information content (AvgIpc) is 2.45. The van der Waals surface area contributed by atoms with Crippen molar-refractivity contribution in [3.63, 3.8) is 0 Å². The predicted octanol–water partition coefficient (Wildman–Crippen LogP) is 2.53. The minimum atomic E-state index is -0.599. The Morgan fingerprint density at radius 2 is 1.95 bits per heavy atom. The summed E-state index contributed by atoms with van der Waals surface area (Å²) in [5.41, 5.74) is 1.19. The molecule has 20 heavy (non-hydrogen) atoms. The molecule has 0 heterocycles. The van der Waals surface area contributed by atoms with Crippen LogP contribution in [0.5, 0.6) is 0 Å². The molecule has 0 aromatic heterocycles. The van der Waals surface area contributed by atoms with E-state index in [2.05, 4.69) is 26.0 Å². The molecule has 0 saturated heterocycles. The number of nitrogens with one attached hydrogen (secondary N) is 1. The number of amides is 1. The minimum Gasteiger partial charge on any atom is -0.467 e. The average molecular weight is 360 g/mol. The molecule has 1 aromatic rings. The zero-order chi connectivity index (χ0) is 15.0. The first-order valence-electron chi connectivity index (χ1n) is 6.16. The molecule has 0 aliphatic rings. The van der Waals surface area contributed by atoms with Crippen LogP contribution in [0, 0.1) is 0 Å². The molecule has 1 amide bonds. The fourth-order valence-corrected chi connectivity index (χ4v) is 3.46. The first-order valence-corrected chi connectivity index (χ1v) is 8.23. The van der Waals surface area contributed by atoms with Crippen LogP contribution in [0.2, 0.25) is 0 Å². The van der Waals surface area contributed by atoms with E-state index in [4.69, 9.17) is 0 Å². The van der Waals surface area contributed by atoms with E-state index in [1.165, 1.54) is 19.6 Å². The van der Waals surface area contributed by atoms with E-state index in [9.17, 15) is 9.59 Å². The zero-order valence-corrected chi connectivity index (χ0v) is 13.9. The van der Waals surface area contributed by atoms with Crippen molar-refractivity contribution in [2.45, 2.75) is 17.8 Å². The fraction of sp³-hybridized carbons (Fsp3) is 0.429. The molecular weight excluding hydrogens is 342 g/mol. The molecular formula is C14H18BrNO3S. The van der Waals surface area contributed by atoms with Crippen LogP contribution in [0.1, 0.15) is 17.3 Å². The Labute approximate surface area is 131 Å². The summed E-state index contributed by atoms with van der Waals surface area (Å²) in [6.07, 6.45) is 0. The van der Waals surface area contributed by atoms with Crippen molar-refractivity contribution < 1.29 is 14.3 Å². The van der Waals surface area contributed by atoms with Crippen LogP contribution in [0.4, 0.5) is 0 Å². The molecule has 0 aliphatic carbocycles. The molecule has 0 radical (unpaired) electrons. The van der Waals surface area contributed by atoms with Crippen molar-refractivity contribution in [1.29, 1.82) is 0 Å². The summed E-state index contributed by atoms with van der Waals surface area (Å²) >= 11 is 5.20. The molecule has 1 rings (SSSR count). The van der Waals surface area contributed by atoms with Gasteiger partial charge in [0.25, 0.3) is 0 Å². The first-order chi connectivity index (χ1) is 9.54. The van der Waals surface area contributed by atoms with Gasteiger partial charge in [-0.3, -0.25) is 4.79 Å². The van der Waals surface area contributed by atoms with Crippen LogP contribution in [-0.4, -0.2) is 36.5 Å². The predicted molar refractivity (Wildman–Crippen MR) is 85.1 cm³/mol. The topological polar surface area (TPSA) is 55.4 Å². The maximum absolute atomic E-state index is 11.5. The summed E-state index contributed by atoms with van der Waals surface area (Å²) in [6.45, 7) is 1.39. The molecule has 1 unspecified atom stereocenters. The van der Waals surface area contributed by atoms with Crippen molar-refractivity contribution in [2.75, 3.05) is 18.6 Å². The number of benzene rings is 1. The lowest BCUT2D eigenvalue weighted by Crippen LogP contribution is -2.42. The van der Waals surface area contributed by atoms with Crippen molar-refractivity contribution >= 4 is 39.6 Å². The van der Waals surface area contributed by atoms with Gasteiger partial charge in [0.1, 0.15) is 6.04 Å². The Bertz CT molecular complexity index is 441. The summed E-state index contributed by atoms with van der Waals surface area (Å²) in [4.78, 5) is 22.8. The highest BCUT2D eigenvalue weighted by Crippen LogP contribution is 2.26. The van der Waals surface area contributed by atoms with E-state index in [1.54, 1.807) is 11.8 Å². The second-order valence-corrected chi connectivity index (χ2v) is 6.37. The van der Waals surface area contributed by atoms with Crippen molar-refractivity contribution in [1.82, 2.24) is 5.32 Å². The Hall–Kier alpha value is -1.01. The SMILES string of the molecule is COC(=O)[C@H](CSCC(Br)c1ccccc1)NC(C)=O. The lowest BCUT2D eigenvalue weighted by Gasteiger charge is -2.16. The number of thioether (sulfide) groups is 1. The first kappa shape index (κ1) is 17.0. The van der Waals surface area contributed by atoms with E-state index in [0.29, 0.717) is 5.75 Å². The Morgan fingerprint density at radius 3 is 2.50 bits per heavy atom. The van der Waals surface area contributed by atoms with Gasteiger partial charge in [-0.25, -0.2) is 4.79 Å². The Morgan fingerprint density at radius 1 is 1.30 bits per heavy atom. The minimum absolute atomic E-state index is 0.212. The van der Waals surface area contributed by atoms with Gasteiger partial charge < -0.3 is 10.1 Å². The van der Waals surface area contributed by atoms with Crippen molar-refractivity contribution in [2.24, 2.45) is 0 Å². The molecule has 0 bridgehead atoms. The van der Waals surface area contributed by atoms with Crippen molar-refractivity contribution in [3.8, 4) is 0 Å². The lowest BCUT2D eigenvalue weighted by molar-refractivity contribution is -0.144. The quantitative estimate of drug-likeness (QED) is 0.600. The molecule has 110 valence electrons. The number of carbonyl (C=O) groups is 2. The van der Waals surface area contributed by atoms with Crippen LogP contribution < -0.4 is 5.32 Å². The van der Waals surface area contributed by atoms with E-state index >= 15 is 0 Å². The van der Waals surface area contributed by atoms with Gasteiger partial charge in [-0.2, -0.15) is 11.8 Å². The highest BCUT2D eigenvalue weighted by atomic mass is 79.9. The fourth-order valence-electron chi connectivity index (χ4n) is 1.60. The summed E-state index contributed by atoms with van der Waals surface area (Å²) < 4.78 is 4.68. The normalized spacial score (nSPS) is 13.3. The standard InChI is InChI=1S/C14H18BrNO3S/c1-10(17)16-13(14(18)19-2)9-20-8-12(15)11-6-4-3-5-7-11/h3-7,12-13H,8-9H2,1-2H3,(H,16,17)/t12?,13-/m0/s1. The number of halogens is 1. The number of esters is 1. The highest BCUT2D eigenvalue weighted by molar-refractivity contribution is 9.09. The number of methoxy groups -OCH3 is 1. The van der Waals surface area contributed by atoms with Gasteiger partial charge in [0.05, 0.1) is 7.11 Å². The molecule has 1 N–H and O–H groups in total. The third-order valence-electron chi connectivity index (χ3n) is 2.57. The zero-order valence-electron chi connectivity index (χ0n) is 11.5. The molecule has 6 heteroatoms. The van der Waals surface area contributed by atoms with Crippen LogP contribution in [-0.2, 0) is 14.3 Å². The van der Waals surface area contributed by atoms with Crippen LogP contribution in [0.15, 0.2) is 30.3 Å². The third kappa shape index (κ3) is 5.96.